The Hall–Kier alpha value is -2.32. The summed E-state index contributed by atoms with van der Waals surface area (Å²) in [5.74, 6) is -1.25. The number of halogens is 2. The Bertz CT molecular complexity index is 672. The fraction of sp³-hybridized carbons (Fsp3) is 0.0667. The van der Waals surface area contributed by atoms with Crippen LogP contribution in [0.4, 0.5) is 8.78 Å². The lowest BCUT2D eigenvalue weighted by atomic mass is 10.1. The highest BCUT2D eigenvalue weighted by molar-refractivity contribution is 7.80. The Morgan fingerprint density at radius 1 is 1.15 bits per heavy atom. The Kier molecular flexibility index (Phi) is 4.38. The predicted molar refractivity (Wildman–Crippen MR) is 76.1 cm³/mol. The summed E-state index contributed by atoms with van der Waals surface area (Å²) >= 11 is 5.18. The summed E-state index contributed by atoms with van der Waals surface area (Å²) in [6.45, 7) is 0.213. The van der Waals surface area contributed by atoms with Crippen LogP contribution in [-0.2, 0) is 6.54 Å². The van der Waals surface area contributed by atoms with Crippen LogP contribution in [0.15, 0.2) is 42.5 Å². The van der Waals surface area contributed by atoms with Crippen molar-refractivity contribution < 1.29 is 8.78 Å². The maximum absolute atomic E-state index is 13.0. The molecule has 0 aliphatic rings. The van der Waals surface area contributed by atoms with Gasteiger partial charge in [-0.25, -0.2) is 8.78 Å². The maximum atomic E-state index is 13.0. The molecule has 20 heavy (non-hydrogen) atoms. The number of hydrogen-bond acceptors (Lipinski definition) is 2. The highest BCUT2D eigenvalue weighted by Gasteiger charge is 2.04. The van der Waals surface area contributed by atoms with Crippen molar-refractivity contribution >= 4 is 17.2 Å². The van der Waals surface area contributed by atoms with Crippen LogP contribution in [0.1, 0.15) is 16.7 Å². The number of benzene rings is 2. The second-order valence-corrected chi connectivity index (χ2v) is 4.56. The van der Waals surface area contributed by atoms with Gasteiger partial charge in [0.15, 0.2) is 0 Å². The topological polar surface area (TPSA) is 35.8 Å². The van der Waals surface area contributed by atoms with E-state index < -0.39 is 11.6 Å². The van der Waals surface area contributed by atoms with E-state index in [-0.39, 0.29) is 6.54 Å². The predicted octanol–water partition coefficient (Wildman–Crippen LogP) is 3.30. The molecule has 0 saturated carbocycles. The molecular formula is C15H10F2N2S. The second kappa shape index (κ2) is 6.22. The number of nitriles is 1. The fourth-order valence-corrected chi connectivity index (χ4v) is 1.93. The molecule has 0 unspecified atom stereocenters. The van der Waals surface area contributed by atoms with Crippen LogP contribution in [0, 0.1) is 23.0 Å². The minimum atomic E-state index is -0.626. The van der Waals surface area contributed by atoms with Crippen molar-refractivity contribution in [2.45, 2.75) is 6.54 Å². The van der Waals surface area contributed by atoms with E-state index in [1.165, 1.54) is 12.1 Å². The Labute approximate surface area is 120 Å². The van der Waals surface area contributed by atoms with Crippen molar-refractivity contribution in [2.24, 2.45) is 0 Å². The van der Waals surface area contributed by atoms with E-state index in [2.05, 4.69) is 5.32 Å². The highest BCUT2D eigenvalue weighted by atomic mass is 32.1. The van der Waals surface area contributed by atoms with Gasteiger partial charge in [0.25, 0.3) is 0 Å². The third-order valence-electron chi connectivity index (χ3n) is 2.63. The highest BCUT2D eigenvalue weighted by Crippen LogP contribution is 2.09. The normalized spacial score (nSPS) is 9.85. The summed E-state index contributed by atoms with van der Waals surface area (Å²) in [5, 5.41) is 11.7. The molecule has 2 nitrogen and oxygen atoms in total. The van der Waals surface area contributed by atoms with Crippen molar-refractivity contribution in [1.82, 2.24) is 5.32 Å². The van der Waals surface area contributed by atoms with Gasteiger partial charge in [0.1, 0.15) is 16.6 Å². The Morgan fingerprint density at radius 2 is 1.85 bits per heavy atom. The third-order valence-corrected chi connectivity index (χ3v) is 3.01. The first kappa shape index (κ1) is 14.1. The van der Waals surface area contributed by atoms with Crippen molar-refractivity contribution in [1.29, 1.82) is 5.26 Å². The number of nitrogens with zero attached hydrogens (tertiary/aromatic N) is 1. The van der Waals surface area contributed by atoms with Crippen LogP contribution in [0.2, 0.25) is 0 Å². The molecule has 2 aromatic rings. The van der Waals surface area contributed by atoms with Gasteiger partial charge in [-0.15, -0.1) is 0 Å². The molecule has 1 N–H and O–H groups in total. The average Bonchev–Trinajstić information content (AvgIpc) is 2.44. The van der Waals surface area contributed by atoms with Gasteiger partial charge in [0.05, 0.1) is 11.6 Å². The first-order valence-corrected chi connectivity index (χ1v) is 6.22. The summed E-state index contributed by atoms with van der Waals surface area (Å²) in [6, 6.07) is 12.1. The monoisotopic (exact) mass is 288 g/mol. The van der Waals surface area contributed by atoms with Crippen LogP contribution >= 0.6 is 12.2 Å². The van der Waals surface area contributed by atoms with Crippen LogP contribution in [0.5, 0.6) is 0 Å². The minimum absolute atomic E-state index is 0.213. The van der Waals surface area contributed by atoms with Gasteiger partial charge in [-0.1, -0.05) is 24.4 Å². The van der Waals surface area contributed by atoms with E-state index >= 15 is 0 Å². The number of thiocarbonyl (C=S) groups is 1. The van der Waals surface area contributed by atoms with E-state index in [0.29, 0.717) is 21.7 Å². The number of nitrogens with one attached hydrogen (secondary N) is 1. The molecule has 5 heteroatoms. The smallest absolute Gasteiger partial charge is 0.126 e. The molecule has 0 heterocycles. The zero-order chi connectivity index (χ0) is 14.5. The molecule has 0 aromatic heterocycles. The van der Waals surface area contributed by atoms with Crippen LogP contribution in [0.25, 0.3) is 0 Å². The van der Waals surface area contributed by atoms with Gasteiger partial charge in [-0.3, -0.25) is 0 Å². The van der Waals surface area contributed by atoms with Gasteiger partial charge >= 0.3 is 0 Å². The first-order chi connectivity index (χ1) is 9.58. The maximum Gasteiger partial charge on any atom is 0.126 e. The van der Waals surface area contributed by atoms with E-state index in [0.717, 1.165) is 6.07 Å². The van der Waals surface area contributed by atoms with E-state index in [9.17, 15) is 8.78 Å². The quantitative estimate of drug-likeness (QED) is 0.880. The van der Waals surface area contributed by atoms with E-state index in [1.54, 1.807) is 24.3 Å². The summed E-state index contributed by atoms with van der Waals surface area (Å²) in [5.41, 5.74) is 1.65. The van der Waals surface area contributed by atoms with Crippen molar-refractivity contribution in [3.8, 4) is 6.07 Å². The zero-order valence-corrected chi connectivity index (χ0v) is 11.2. The van der Waals surface area contributed by atoms with Gasteiger partial charge in [0.2, 0.25) is 0 Å². The molecule has 0 fully saturated rings. The summed E-state index contributed by atoms with van der Waals surface area (Å²) < 4.78 is 26.1. The number of rotatable bonds is 3. The molecule has 0 atom stereocenters. The van der Waals surface area contributed by atoms with Crippen molar-refractivity contribution in [2.75, 3.05) is 0 Å². The Morgan fingerprint density at radius 3 is 2.50 bits per heavy atom. The standard InChI is InChI=1S/C15H10F2N2S/c16-13-5-11(6-14(17)7-13)9-19-15(20)12-3-1-2-10(4-12)8-18/h1-7H,9H2,(H,19,20). The van der Waals surface area contributed by atoms with Crippen molar-refractivity contribution in [3.05, 3.63) is 70.8 Å². The molecule has 2 rings (SSSR count). The largest absolute Gasteiger partial charge is 0.372 e. The minimum Gasteiger partial charge on any atom is -0.372 e. The summed E-state index contributed by atoms with van der Waals surface area (Å²) in [7, 11) is 0. The molecule has 0 radical (unpaired) electrons. The molecule has 0 amide bonds. The van der Waals surface area contributed by atoms with Gasteiger partial charge < -0.3 is 5.32 Å². The van der Waals surface area contributed by atoms with E-state index in [4.69, 9.17) is 17.5 Å². The summed E-state index contributed by atoms with van der Waals surface area (Å²) in [4.78, 5) is 0.423. The van der Waals surface area contributed by atoms with Crippen LogP contribution in [0.3, 0.4) is 0 Å². The SMILES string of the molecule is N#Cc1cccc(C(=S)NCc2cc(F)cc(F)c2)c1. The molecule has 0 aliphatic heterocycles. The lowest BCUT2D eigenvalue weighted by molar-refractivity contribution is 0.579. The molecular weight excluding hydrogens is 278 g/mol. The Balaban J connectivity index is 2.06. The first-order valence-electron chi connectivity index (χ1n) is 5.82. The average molecular weight is 288 g/mol. The van der Waals surface area contributed by atoms with Gasteiger partial charge in [0, 0.05) is 18.2 Å². The van der Waals surface area contributed by atoms with E-state index in [1.807, 2.05) is 6.07 Å². The summed E-state index contributed by atoms with van der Waals surface area (Å²) in [6.07, 6.45) is 0. The molecule has 0 saturated heterocycles. The second-order valence-electron chi connectivity index (χ2n) is 4.15. The molecule has 0 bridgehead atoms. The fourth-order valence-electron chi connectivity index (χ4n) is 1.73. The van der Waals surface area contributed by atoms with Crippen molar-refractivity contribution in [3.63, 3.8) is 0 Å². The lowest BCUT2D eigenvalue weighted by Gasteiger charge is -2.08. The third kappa shape index (κ3) is 3.59. The van der Waals surface area contributed by atoms with Crippen LogP contribution < -0.4 is 5.32 Å². The molecule has 100 valence electrons. The van der Waals surface area contributed by atoms with Crippen LogP contribution in [-0.4, -0.2) is 4.99 Å². The van der Waals surface area contributed by atoms with Gasteiger partial charge in [-0.05, 0) is 29.8 Å². The molecule has 0 spiro atoms. The number of hydrogen-bond donors (Lipinski definition) is 1. The molecule has 2 aromatic carbocycles. The zero-order valence-electron chi connectivity index (χ0n) is 10.4. The molecule has 0 aliphatic carbocycles. The lowest BCUT2D eigenvalue weighted by Crippen LogP contribution is -2.21. The van der Waals surface area contributed by atoms with Gasteiger partial charge in [-0.2, -0.15) is 5.26 Å².